The maximum atomic E-state index is 11.0. The second-order valence-corrected chi connectivity index (χ2v) is 3.77. The molecule has 0 N–H and O–H groups in total. The molecule has 0 aromatic carbocycles. The minimum Gasteiger partial charge on any atom is -0.462 e. The van der Waals surface area contributed by atoms with Crippen LogP contribution in [0.25, 0.3) is 0 Å². The van der Waals surface area contributed by atoms with E-state index in [1.165, 1.54) is 6.08 Å². The van der Waals surface area contributed by atoms with Crippen molar-refractivity contribution in [1.82, 2.24) is 0 Å². The van der Waals surface area contributed by atoms with Gasteiger partial charge in [-0.25, -0.2) is 4.79 Å². The van der Waals surface area contributed by atoms with E-state index in [0.717, 1.165) is 6.42 Å². The van der Waals surface area contributed by atoms with Crippen LogP contribution in [0.2, 0.25) is 0 Å². The molecule has 0 aliphatic carbocycles. The number of esters is 1. The Bertz CT molecular complexity index is 217. The summed E-state index contributed by atoms with van der Waals surface area (Å²) in [6.45, 7) is 8.09. The van der Waals surface area contributed by atoms with Crippen molar-refractivity contribution >= 4 is 5.97 Å². The van der Waals surface area contributed by atoms with Gasteiger partial charge in [-0.15, -0.1) is 0 Å². The van der Waals surface area contributed by atoms with E-state index in [2.05, 4.69) is 6.58 Å². The molecule has 0 unspecified atom stereocenters. The first-order chi connectivity index (χ1) is 7.22. The Kier molecular flexibility index (Phi) is 4.78. The van der Waals surface area contributed by atoms with Gasteiger partial charge < -0.3 is 14.2 Å². The largest absolute Gasteiger partial charge is 0.462 e. The van der Waals surface area contributed by atoms with Gasteiger partial charge in [0.05, 0.1) is 31.8 Å². The quantitative estimate of drug-likeness (QED) is 0.520. The van der Waals surface area contributed by atoms with E-state index in [4.69, 9.17) is 14.2 Å². The fraction of sp³-hybridized carbons (Fsp3) is 0.727. The highest BCUT2D eigenvalue weighted by Gasteiger charge is 2.32. The molecule has 1 aliphatic rings. The van der Waals surface area contributed by atoms with E-state index in [9.17, 15) is 4.79 Å². The van der Waals surface area contributed by atoms with Crippen LogP contribution in [0, 0.1) is 5.41 Å². The fourth-order valence-corrected chi connectivity index (χ4v) is 1.41. The summed E-state index contributed by atoms with van der Waals surface area (Å²) in [5, 5.41) is 0. The van der Waals surface area contributed by atoms with Gasteiger partial charge in [-0.2, -0.15) is 0 Å². The average Bonchev–Trinajstić information content (AvgIpc) is 2.52. The normalized spacial score (nSPS) is 20.3. The molecule has 0 radical (unpaired) electrons. The summed E-state index contributed by atoms with van der Waals surface area (Å²) in [7, 11) is 0. The summed E-state index contributed by atoms with van der Waals surface area (Å²) in [6, 6.07) is 0. The molecule has 0 spiro atoms. The molecule has 15 heavy (non-hydrogen) atoms. The highest BCUT2D eigenvalue weighted by molar-refractivity contribution is 5.81. The lowest BCUT2D eigenvalue weighted by Crippen LogP contribution is -2.35. The van der Waals surface area contributed by atoms with Crippen LogP contribution in [0.5, 0.6) is 0 Å². The van der Waals surface area contributed by atoms with Crippen LogP contribution in [0.15, 0.2) is 12.7 Å². The molecule has 1 fully saturated rings. The Balaban J connectivity index is 2.49. The van der Waals surface area contributed by atoms with Crippen LogP contribution < -0.4 is 0 Å². The summed E-state index contributed by atoms with van der Waals surface area (Å²) in [5.41, 5.74) is -0.199. The van der Waals surface area contributed by atoms with Gasteiger partial charge in [0.25, 0.3) is 0 Å². The Morgan fingerprint density at radius 3 is 2.53 bits per heavy atom. The molecule has 1 saturated heterocycles. The predicted molar refractivity (Wildman–Crippen MR) is 55.5 cm³/mol. The molecule has 4 nitrogen and oxygen atoms in total. The molecule has 0 amide bonds. The zero-order valence-electron chi connectivity index (χ0n) is 9.16. The van der Waals surface area contributed by atoms with Gasteiger partial charge in [0.2, 0.25) is 0 Å². The third-order valence-electron chi connectivity index (χ3n) is 2.63. The summed E-state index contributed by atoms with van der Waals surface area (Å²) in [5.74, 6) is -0.396. The Labute approximate surface area is 90.2 Å². The van der Waals surface area contributed by atoms with Crippen LogP contribution >= 0.6 is 0 Å². The third kappa shape index (κ3) is 3.64. The van der Waals surface area contributed by atoms with E-state index in [0.29, 0.717) is 33.0 Å². The molecule has 1 rings (SSSR count). The van der Waals surface area contributed by atoms with Crippen molar-refractivity contribution in [2.75, 3.05) is 33.0 Å². The van der Waals surface area contributed by atoms with Crippen molar-refractivity contribution in [3.63, 3.8) is 0 Å². The van der Waals surface area contributed by atoms with Gasteiger partial charge in [0.15, 0.2) is 0 Å². The van der Waals surface area contributed by atoms with Crippen LogP contribution in [-0.4, -0.2) is 39.0 Å². The first kappa shape index (κ1) is 12.2. The third-order valence-corrected chi connectivity index (χ3v) is 2.63. The average molecular weight is 214 g/mol. The summed E-state index contributed by atoms with van der Waals surface area (Å²) in [6.07, 6.45) is 2.03. The minimum absolute atomic E-state index is 0.199. The van der Waals surface area contributed by atoms with E-state index < -0.39 is 5.97 Å². The van der Waals surface area contributed by atoms with Crippen molar-refractivity contribution in [2.24, 2.45) is 5.41 Å². The number of rotatable bonds is 4. The van der Waals surface area contributed by atoms with Crippen molar-refractivity contribution < 1.29 is 19.0 Å². The summed E-state index contributed by atoms with van der Waals surface area (Å²) >= 11 is 0. The van der Waals surface area contributed by atoms with E-state index in [-0.39, 0.29) is 5.41 Å². The molecular weight excluding hydrogens is 196 g/mol. The molecule has 1 heterocycles. The van der Waals surface area contributed by atoms with Gasteiger partial charge in [-0.05, 0) is 6.42 Å². The topological polar surface area (TPSA) is 44.8 Å². The molecule has 0 aromatic rings. The van der Waals surface area contributed by atoms with Crippen molar-refractivity contribution in [2.45, 2.75) is 13.3 Å². The van der Waals surface area contributed by atoms with Gasteiger partial charge >= 0.3 is 5.97 Å². The fourth-order valence-electron chi connectivity index (χ4n) is 1.41. The zero-order chi connectivity index (χ0) is 11.1. The number of ether oxygens (including phenoxy) is 3. The standard InChI is InChI=1S/C11H18O4/c1-3-10(12)15-9-11(4-2)7-13-5-6-14-8-11/h3H,1,4-9H2,2H3. The molecule has 4 heteroatoms. The number of hydrogen-bond acceptors (Lipinski definition) is 4. The lowest BCUT2D eigenvalue weighted by atomic mass is 9.88. The highest BCUT2D eigenvalue weighted by atomic mass is 16.6. The molecule has 0 aromatic heterocycles. The Morgan fingerprint density at radius 1 is 1.47 bits per heavy atom. The highest BCUT2D eigenvalue weighted by Crippen LogP contribution is 2.25. The van der Waals surface area contributed by atoms with E-state index in [1.807, 2.05) is 6.92 Å². The molecular formula is C11H18O4. The maximum Gasteiger partial charge on any atom is 0.330 e. The first-order valence-corrected chi connectivity index (χ1v) is 5.17. The van der Waals surface area contributed by atoms with Gasteiger partial charge in [-0.1, -0.05) is 13.5 Å². The van der Waals surface area contributed by atoms with Crippen molar-refractivity contribution in [3.8, 4) is 0 Å². The van der Waals surface area contributed by atoms with Gasteiger partial charge in [0, 0.05) is 6.08 Å². The Hall–Kier alpha value is -0.870. The number of carbonyl (C=O) groups excluding carboxylic acids is 1. The van der Waals surface area contributed by atoms with Crippen LogP contribution in [0.1, 0.15) is 13.3 Å². The summed E-state index contributed by atoms with van der Waals surface area (Å²) in [4.78, 5) is 11.0. The molecule has 0 bridgehead atoms. The van der Waals surface area contributed by atoms with Gasteiger partial charge in [0.1, 0.15) is 6.61 Å². The zero-order valence-corrected chi connectivity index (χ0v) is 9.16. The van der Waals surface area contributed by atoms with Crippen molar-refractivity contribution in [1.29, 1.82) is 0 Å². The second kappa shape index (κ2) is 5.88. The Morgan fingerprint density at radius 2 is 2.07 bits per heavy atom. The van der Waals surface area contributed by atoms with Crippen molar-refractivity contribution in [3.05, 3.63) is 12.7 Å². The summed E-state index contributed by atoms with van der Waals surface area (Å²) < 4.78 is 15.9. The predicted octanol–water partition coefficient (Wildman–Crippen LogP) is 1.16. The SMILES string of the molecule is C=CC(=O)OCC1(CC)COCCOC1. The van der Waals surface area contributed by atoms with Crippen LogP contribution in [-0.2, 0) is 19.0 Å². The monoisotopic (exact) mass is 214 g/mol. The minimum atomic E-state index is -0.396. The van der Waals surface area contributed by atoms with Gasteiger partial charge in [-0.3, -0.25) is 0 Å². The number of carbonyl (C=O) groups is 1. The molecule has 0 saturated carbocycles. The van der Waals surface area contributed by atoms with E-state index >= 15 is 0 Å². The van der Waals surface area contributed by atoms with E-state index in [1.54, 1.807) is 0 Å². The maximum absolute atomic E-state index is 11.0. The lowest BCUT2D eigenvalue weighted by molar-refractivity contribution is -0.143. The lowest BCUT2D eigenvalue weighted by Gasteiger charge is -2.28. The molecule has 0 atom stereocenters. The molecule has 86 valence electrons. The smallest absolute Gasteiger partial charge is 0.330 e. The second-order valence-electron chi connectivity index (χ2n) is 3.77. The van der Waals surface area contributed by atoms with Crippen LogP contribution in [0.3, 0.4) is 0 Å². The first-order valence-electron chi connectivity index (χ1n) is 5.17. The number of hydrogen-bond donors (Lipinski definition) is 0. The van der Waals surface area contributed by atoms with Crippen LogP contribution in [0.4, 0.5) is 0 Å². The molecule has 1 aliphatic heterocycles.